The molecule has 0 spiro atoms. The summed E-state index contributed by atoms with van der Waals surface area (Å²) >= 11 is 1.18. The van der Waals surface area contributed by atoms with Gasteiger partial charge in [0.15, 0.2) is 0 Å². The third-order valence-electron chi connectivity index (χ3n) is 5.20. The maximum Gasteiger partial charge on any atom is 0.347 e. The van der Waals surface area contributed by atoms with Crippen LogP contribution in [0.25, 0.3) is 0 Å². The van der Waals surface area contributed by atoms with Crippen LogP contribution in [0.1, 0.15) is 64.5 Å². The van der Waals surface area contributed by atoms with Gasteiger partial charge in [-0.3, -0.25) is 19.3 Å². The second-order valence-electron chi connectivity index (χ2n) is 6.86. The number of likely N-dealkylation sites (tertiary alicyclic amines) is 1. The zero-order valence-corrected chi connectivity index (χ0v) is 15.9. The molecule has 0 atom stereocenters. The number of fused-ring (bicyclic) bond motifs is 1. The minimum absolute atomic E-state index is 0.134. The Morgan fingerprint density at radius 2 is 1.82 bits per heavy atom. The van der Waals surface area contributed by atoms with Gasteiger partial charge in [-0.25, -0.2) is 9.78 Å². The van der Waals surface area contributed by atoms with E-state index in [1.807, 2.05) is 0 Å². The largest absolute Gasteiger partial charge is 0.477 e. The molecule has 144 valence electrons. The lowest BCUT2D eigenvalue weighted by Gasteiger charge is -2.31. The third-order valence-corrected chi connectivity index (χ3v) is 6.35. The number of hydrogen-bond acceptors (Lipinski definition) is 6. The molecule has 3 heterocycles. The molecule has 0 unspecified atom stereocenters. The molecule has 2 aliphatic rings. The van der Waals surface area contributed by atoms with Crippen molar-refractivity contribution in [3.8, 4) is 0 Å². The molecule has 9 heteroatoms. The van der Waals surface area contributed by atoms with Crippen molar-refractivity contribution in [1.29, 1.82) is 0 Å². The van der Waals surface area contributed by atoms with Crippen LogP contribution in [0.15, 0.2) is 24.4 Å². The molecule has 0 aliphatic carbocycles. The molecule has 2 aromatic rings. The predicted molar refractivity (Wildman–Crippen MR) is 99.8 cm³/mol. The minimum atomic E-state index is -0.980. The fourth-order valence-electron chi connectivity index (χ4n) is 3.58. The molecule has 0 radical (unpaired) electrons. The van der Waals surface area contributed by atoms with Gasteiger partial charge in [0.25, 0.3) is 17.7 Å². The lowest BCUT2D eigenvalue weighted by atomic mass is 9.96. The lowest BCUT2D eigenvalue weighted by Crippen LogP contribution is -2.38. The van der Waals surface area contributed by atoms with Gasteiger partial charge in [0.2, 0.25) is 0 Å². The Hall–Kier alpha value is -3.07. The van der Waals surface area contributed by atoms with Crippen molar-refractivity contribution in [2.75, 3.05) is 20.1 Å². The zero-order valence-electron chi connectivity index (χ0n) is 15.0. The molecule has 2 aliphatic heterocycles. The molecular weight excluding hydrogens is 382 g/mol. The first-order valence-electron chi connectivity index (χ1n) is 8.81. The van der Waals surface area contributed by atoms with Gasteiger partial charge in [0.05, 0.1) is 22.3 Å². The molecule has 8 nitrogen and oxygen atoms in total. The van der Waals surface area contributed by atoms with Crippen molar-refractivity contribution >= 4 is 35.0 Å². The van der Waals surface area contributed by atoms with Crippen LogP contribution in [0, 0.1) is 0 Å². The second kappa shape index (κ2) is 6.83. The Morgan fingerprint density at radius 1 is 1.14 bits per heavy atom. The highest BCUT2D eigenvalue weighted by molar-refractivity contribution is 7.13. The first-order chi connectivity index (χ1) is 13.4. The molecule has 28 heavy (non-hydrogen) atoms. The summed E-state index contributed by atoms with van der Waals surface area (Å²) in [5.41, 5.74) is 0.967. The monoisotopic (exact) mass is 399 g/mol. The van der Waals surface area contributed by atoms with E-state index in [1.165, 1.54) is 36.7 Å². The van der Waals surface area contributed by atoms with Gasteiger partial charge in [0.1, 0.15) is 4.88 Å². The van der Waals surface area contributed by atoms with Crippen LogP contribution in [0.2, 0.25) is 0 Å². The van der Waals surface area contributed by atoms with Crippen LogP contribution >= 0.6 is 11.3 Å². The molecule has 1 N–H and O–H groups in total. The van der Waals surface area contributed by atoms with Gasteiger partial charge in [0, 0.05) is 31.6 Å². The predicted octanol–water partition coefficient (Wildman–Crippen LogP) is 2.09. The summed E-state index contributed by atoms with van der Waals surface area (Å²) in [7, 11) is 1.42. The van der Waals surface area contributed by atoms with Gasteiger partial charge in [-0.1, -0.05) is 0 Å². The normalized spacial score (nSPS) is 17.2. The lowest BCUT2D eigenvalue weighted by molar-refractivity contribution is 0.0684. The summed E-state index contributed by atoms with van der Waals surface area (Å²) < 4.78 is 0. The van der Waals surface area contributed by atoms with Gasteiger partial charge < -0.3 is 10.0 Å². The van der Waals surface area contributed by atoms with Crippen LogP contribution in [0.5, 0.6) is 0 Å². The molecule has 4 rings (SSSR count). The number of carboxylic acids is 1. The molecule has 1 aromatic heterocycles. The van der Waals surface area contributed by atoms with Crippen LogP contribution in [0.3, 0.4) is 0 Å². The summed E-state index contributed by atoms with van der Waals surface area (Å²) in [6, 6.07) is 4.60. The summed E-state index contributed by atoms with van der Waals surface area (Å²) in [4.78, 5) is 55.1. The van der Waals surface area contributed by atoms with Crippen molar-refractivity contribution in [1.82, 2.24) is 14.8 Å². The Labute approximate surface area is 164 Å². The van der Waals surface area contributed by atoms with Crippen LogP contribution in [-0.2, 0) is 0 Å². The van der Waals surface area contributed by atoms with Gasteiger partial charge in [-0.15, -0.1) is 11.3 Å². The number of imide groups is 1. The van der Waals surface area contributed by atoms with Crippen molar-refractivity contribution in [3.63, 3.8) is 0 Å². The standard InChI is InChI=1S/C19H17N3O5S/c1-21-17(24)12-3-2-11(8-13(12)18(21)25)16(23)22-6-4-10(5-7-22)15-20-9-14(28-15)19(26)27/h2-3,8-10H,4-7H2,1H3,(H,26,27). The van der Waals surface area contributed by atoms with Gasteiger partial charge in [-0.05, 0) is 31.0 Å². The number of hydrogen-bond donors (Lipinski definition) is 1. The second-order valence-corrected chi connectivity index (χ2v) is 7.93. The zero-order chi connectivity index (χ0) is 20.0. The smallest absolute Gasteiger partial charge is 0.347 e. The Bertz CT molecular complexity index is 1010. The van der Waals surface area contributed by atoms with Crippen LogP contribution < -0.4 is 0 Å². The average Bonchev–Trinajstić information content (AvgIpc) is 3.28. The number of piperidine rings is 1. The first-order valence-corrected chi connectivity index (χ1v) is 9.63. The maximum absolute atomic E-state index is 12.8. The quantitative estimate of drug-likeness (QED) is 0.792. The van der Waals surface area contributed by atoms with E-state index in [0.717, 1.165) is 9.91 Å². The highest BCUT2D eigenvalue weighted by Crippen LogP contribution is 2.32. The number of thiazole rings is 1. The fourth-order valence-corrected chi connectivity index (χ4v) is 4.51. The molecule has 0 saturated carbocycles. The van der Waals surface area contributed by atoms with E-state index in [0.29, 0.717) is 37.1 Å². The molecule has 1 saturated heterocycles. The van der Waals surface area contributed by atoms with E-state index in [9.17, 15) is 19.2 Å². The number of carboxylic acid groups (broad SMARTS) is 1. The molecular formula is C19H17N3O5S. The van der Waals surface area contributed by atoms with Crippen molar-refractivity contribution in [2.45, 2.75) is 18.8 Å². The molecule has 1 aromatic carbocycles. The number of carbonyl (C=O) groups excluding carboxylic acids is 3. The average molecular weight is 399 g/mol. The topological polar surface area (TPSA) is 108 Å². The number of aromatic nitrogens is 1. The van der Waals surface area contributed by atoms with E-state index in [-0.39, 0.29) is 28.2 Å². The summed E-state index contributed by atoms with van der Waals surface area (Å²) in [6.45, 7) is 1.05. The van der Waals surface area contributed by atoms with Crippen LogP contribution in [0.4, 0.5) is 0 Å². The number of aromatic carboxylic acids is 1. The van der Waals surface area contributed by atoms with Gasteiger partial charge >= 0.3 is 5.97 Å². The van der Waals surface area contributed by atoms with E-state index in [1.54, 1.807) is 11.0 Å². The number of amides is 3. The Balaban J connectivity index is 1.45. The van der Waals surface area contributed by atoms with E-state index in [4.69, 9.17) is 5.11 Å². The van der Waals surface area contributed by atoms with E-state index in [2.05, 4.69) is 4.98 Å². The van der Waals surface area contributed by atoms with Crippen LogP contribution in [-0.4, -0.2) is 63.7 Å². The van der Waals surface area contributed by atoms with Crippen molar-refractivity contribution in [2.24, 2.45) is 0 Å². The first kappa shape index (κ1) is 18.3. The number of carbonyl (C=O) groups is 4. The Kier molecular flexibility index (Phi) is 4.46. The SMILES string of the molecule is CN1C(=O)c2ccc(C(=O)N3CCC(c4ncc(C(=O)O)s4)CC3)cc2C1=O. The molecule has 3 amide bonds. The summed E-state index contributed by atoms with van der Waals surface area (Å²) in [6.07, 6.45) is 2.77. The third kappa shape index (κ3) is 2.97. The molecule has 1 fully saturated rings. The minimum Gasteiger partial charge on any atom is -0.477 e. The van der Waals surface area contributed by atoms with Crippen molar-refractivity contribution < 1.29 is 24.3 Å². The fraction of sp³-hybridized carbons (Fsp3) is 0.316. The summed E-state index contributed by atoms with van der Waals surface area (Å²) in [5, 5.41) is 9.81. The van der Waals surface area contributed by atoms with Crippen molar-refractivity contribution in [3.05, 3.63) is 51.0 Å². The number of rotatable bonds is 3. The number of benzene rings is 1. The van der Waals surface area contributed by atoms with E-state index >= 15 is 0 Å². The highest BCUT2D eigenvalue weighted by atomic mass is 32.1. The van der Waals surface area contributed by atoms with E-state index < -0.39 is 11.9 Å². The van der Waals surface area contributed by atoms with Gasteiger partial charge in [-0.2, -0.15) is 0 Å². The number of nitrogens with zero attached hydrogens (tertiary/aromatic N) is 3. The highest BCUT2D eigenvalue weighted by Gasteiger charge is 2.34. The Morgan fingerprint density at radius 3 is 2.46 bits per heavy atom. The summed E-state index contributed by atoms with van der Waals surface area (Å²) in [5.74, 6) is -1.78. The molecule has 0 bridgehead atoms. The maximum atomic E-state index is 12.8.